The Kier molecular flexibility index (Phi) is 4.24. The topological polar surface area (TPSA) is 93.8 Å². The van der Waals surface area contributed by atoms with Crippen molar-refractivity contribution in [3.05, 3.63) is 65.6 Å². The molecule has 3 aromatic heterocycles. The minimum Gasteiger partial charge on any atom is -0.333 e. The Morgan fingerprint density at radius 2 is 2.00 bits per heavy atom. The predicted octanol–water partition coefficient (Wildman–Crippen LogP) is 3.82. The van der Waals surface area contributed by atoms with E-state index in [0.717, 1.165) is 11.1 Å². The van der Waals surface area contributed by atoms with E-state index in [1.807, 2.05) is 36.6 Å². The first-order chi connectivity index (χ1) is 12.7. The molecule has 0 bridgehead atoms. The van der Waals surface area contributed by atoms with Crippen molar-refractivity contribution >= 4 is 22.9 Å². The average Bonchev–Trinajstić information content (AvgIpc) is 3.32. The van der Waals surface area contributed by atoms with E-state index in [4.69, 9.17) is 4.52 Å². The van der Waals surface area contributed by atoms with E-state index in [1.165, 1.54) is 29.9 Å². The molecular formula is C18H13N5O2S. The van der Waals surface area contributed by atoms with E-state index < -0.39 is 0 Å². The SMILES string of the molecule is Cc1ccc(-c2noc(-c3sccc3NC(=O)c3cnccn3)n2)cc1. The van der Waals surface area contributed by atoms with Gasteiger partial charge in [-0.25, -0.2) is 4.98 Å². The number of hydrogen-bond acceptors (Lipinski definition) is 7. The maximum absolute atomic E-state index is 12.3. The van der Waals surface area contributed by atoms with Gasteiger partial charge in [-0.1, -0.05) is 35.0 Å². The smallest absolute Gasteiger partial charge is 0.275 e. The number of nitrogens with zero attached hydrogens (tertiary/aromatic N) is 4. The van der Waals surface area contributed by atoms with Crippen molar-refractivity contribution in [2.75, 3.05) is 5.32 Å². The summed E-state index contributed by atoms with van der Waals surface area (Å²) in [7, 11) is 0. The summed E-state index contributed by atoms with van der Waals surface area (Å²) in [4.78, 5) is 25.3. The van der Waals surface area contributed by atoms with Crippen molar-refractivity contribution in [2.45, 2.75) is 6.92 Å². The van der Waals surface area contributed by atoms with Crippen LogP contribution >= 0.6 is 11.3 Å². The zero-order chi connectivity index (χ0) is 17.9. The molecule has 0 aliphatic rings. The molecule has 0 saturated heterocycles. The lowest BCUT2D eigenvalue weighted by atomic mass is 10.1. The quantitative estimate of drug-likeness (QED) is 0.592. The molecule has 3 heterocycles. The first-order valence-electron chi connectivity index (χ1n) is 7.77. The number of aromatic nitrogens is 4. The molecule has 0 atom stereocenters. The number of amides is 1. The summed E-state index contributed by atoms with van der Waals surface area (Å²) in [6.07, 6.45) is 4.39. The molecule has 4 aromatic rings. The van der Waals surface area contributed by atoms with Crippen LogP contribution in [0.25, 0.3) is 22.2 Å². The second-order valence-electron chi connectivity index (χ2n) is 5.50. The normalized spacial score (nSPS) is 10.7. The Morgan fingerprint density at radius 3 is 2.77 bits per heavy atom. The molecule has 8 heteroatoms. The third-order valence-electron chi connectivity index (χ3n) is 3.64. The first kappa shape index (κ1) is 16.1. The lowest BCUT2D eigenvalue weighted by Crippen LogP contribution is -2.13. The highest BCUT2D eigenvalue weighted by Gasteiger charge is 2.18. The van der Waals surface area contributed by atoms with Crippen molar-refractivity contribution in [2.24, 2.45) is 0 Å². The lowest BCUT2D eigenvalue weighted by molar-refractivity contribution is 0.102. The Hall–Kier alpha value is -3.39. The molecule has 4 rings (SSSR count). The monoisotopic (exact) mass is 363 g/mol. The van der Waals surface area contributed by atoms with Crippen molar-refractivity contribution in [1.82, 2.24) is 20.1 Å². The molecule has 1 N–H and O–H groups in total. The fourth-order valence-electron chi connectivity index (χ4n) is 2.31. The summed E-state index contributed by atoms with van der Waals surface area (Å²) in [5, 5.41) is 8.68. The number of rotatable bonds is 4. The van der Waals surface area contributed by atoms with Crippen LogP contribution in [0.2, 0.25) is 0 Å². The van der Waals surface area contributed by atoms with Gasteiger partial charge < -0.3 is 9.84 Å². The van der Waals surface area contributed by atoms with E-state index in [2.05, 4.69) is 25.4 Å². The van der Waals surface area contributed by atoms with Crippen LogP contribution in [-0.4, -0.2) is 26.0 Å². The van der Waals surface area contributed by atoms with Crippen LogP contribution in [0.5, 0.6) is 0 Å². The Balaban J connectivity index is 1.59. The van der Waals surface area contributed by atoms with Gasteiger partial charge in [-0.15, -0.1) is 11.3 Å². The minimum atomic E-state index is -0.351. The van der Waals surface area contributed by atoms with Crippen LogP contribution in [-0.2, 0) is 0 Å². The summed E-state index contributed by atoms with van der Waals surface area (Å²) in [6.45, 7) is 2.02. The number of hydrogen-bond donors (Lipinski definition) is 1. The van der Waals surface area contributed by atoms with E-state index >= 15 is 0 Å². The Morgan fingerprint density at radius 1 is 1.15 bits per heavy atom. The van der Waals surface area contributed by atoms with Crippen molar-refractivity contribution in [3.8, 4) is 22.2 Å². The number of benzene rings is 1. The zero-order valence-electron chi connectivity index (χ0n) is 13.7. The van der Waals surface area contributed by atoms with Crippen molar-refractivity contribution in [3.63, 3.8) is 0 Å². The molecule has 128 valence electrons. The molecule has 0 saturated carbocycles. The van der Waals surface area contributed by atoms with Crippen LogP contribution in [0.1, 0.15) is 16.1 Å². The molecule has 0 spiro atoms. The maximum Gasteiger partial charge on any atom is 0.275 e. The van der Waals surface area contributed by atoms with Crippen molar-refractivity contribution < 1.29 is 9.32 Å². The molecule has 0 aliphatic heterocycles. The number of anilines is 1. The first-order valence-corrected chi connectivity index (χ1v) is 8.64. The van der Waals surface area contributed by atoms with Crippen LogP contribution in [0.15, 0.2) is 58.8 Å². The predicted molar refractivity (Wildman–Crippen MR) is 97.8 cm³/mol. The van der Waals surface area contributed by atoms with Gasteiger partial charge in [0.2, 0.25) is 5.82 Å². The number of thiophene rings is 1. The zero-order valence-corrected chi connectivity index (χ0v) is 14.5. The van der Waals surface area contributed by atoms with Crippen LogP contribution < -0.4 is 5.32 Å². The van der Waals surface area contributed by atoms with E-state index in [9.17, 15) is 4.79 Å². The number of nitrogens with one attached hydrogen (secondary N) is 1. The molecule has 0 fully saturated rings. The molecule has 7 nitrogen and oxygen atoms in total. The summed E-state index contributed by atoms with van der Waals surface area (Å²) in [6, 6.07) is 9.64. The van der Waals surface area contributed by atoms with Crippen LogP contribution in [0.4, 0.5) is 5.69 Å². The van der Waals surface area contributed by atoms with Crippen LogP contribution in [0.3, 0.4) is 0 Å². The second kappa shape index (κ2) is 6.85. The number of carbonyl (C=O) groups is 1. The fourth-order valence-corrected chi connectivity index (χ4v) is 3.08. The molecular weight excluding hydrogens is 350 g/mol. The highest BCUT2D eigenvalue weighted by molar-refractivity contribution is 7.14. The van der Waals surface area contributed by atoms with Gasteiger partial charge >= 0.3 is 0 Å². The Bertz CT molecular complexity index is 1040. The average molecular weight is 363 g/mol. The maximum atomic E-state index is 12.3. The second-order valence-corrected chi connectivity index (χ2v) is 6.41. The summed E-state index contributed by atoms with van der Waals surface area (Å²) in [5.41, 5.74) is 2.84. The van der Waals surface area contributed by atoms with Gasteiger partial charge in [0.15, 0.2) is 0 Å². The molecule has 0 unspecified atom stereocenters. The van der Waals surface area contributed by atoms with E-state index in [0.29, 0.717) is 22.3 Å². The largest absolute Gasteiger partial charge is 0.333 e. The molecule has 0 radical (unpaired) electrons. The Labute approximate surface area is 152 Å². The van der Waals surface area contributed by atoms with Gasteiger partial charge in [0.1, 0.15) is 10.6 Å². The number of aryl methyl sites for hydroxylation is 1. The van der Waals surface area contributed by atoms with Gasteiger partial charge in [-0.05, 0) is 18.4 Å². The molecule has 1 amide bonds. The summed E-state index contributed by atoms with van der Waals surface area (Å²) in [5.74, 6) is 0.501. The van der Waals surface area contributed by atoms with Gasteiger partial charge in [0.25, 0.3) is 11.8 Å². The third kappa shape index (κ3) is 3.22. The summed E-state index contributed by atoms with van der Waals surface area (Å²) >= 11 is 1.40. The third-order valence-corrected chi connectivity index (χ3v) is 4.54. The molecule has 0 aliphatic carbocycles. The van der Waals surface area contributed by atoms with Gasteiger partial charge in [-0.2, -0.15) is 4.98 Å². The standard InChI is InChI=1S/C18H13N5O2S/c1-11-2-4-12(5-3-11)16-22-18(25-23-16)15-13(6-9-26-15)21-17(24)14-10-19-7-8-20-14/h2-10H,1H3,(H,21,24). The molecule has 26 heavy (non-hydrogen) atoms. The lowest BCUT2D eigenvalue weighted by Gasteiger charge is -2.03. The molecule has 1 aromatic carbocycles. The van der Waals surface area contributed by atoms with Gasteiger partial charge in [0, 0.05) is 18.0 Å². The highest BCUT2D eigenvalue weighted by atomic mass is 32.1. The van der Waals surface area contributed by atoms with Gasteiger partial charge in [0.05, 0.1) is 11.9 Å². The van der Waals surface area contributed by atoms with Gasteiger partial charge in [-0.3, -0.25) is 9.78 Å². The van der Waals surface area contributed by atoms with Crippen LogP contribution in [0, 0.1) is 6.92 Å². The summed E-state index contributed by atoms with van der Waals surface area (Å²) < 4.78 is 5.39. The van der Waals surface area contributed by atoms with Crippen molar-refractivity contribution in [1.29, 1.82) is 0 Å². The van der Waals surface area contributed by atoms with E-state index in [1.54, 1.807) is 6.07 Å². The highest BCUT2D eigenvalue weighted by Crippen LogP contribution is 2.33. The van der Waals surface area contributed by atoms with E-state index in [-0.39, 0.29) is 11.6 Å². The number of carbonyl (C=O) groups excluding carboxylic acids is 1. The fraction of sp³-hybridized carbons (Fsp3) is 0.0556. The minimum absolute atomic E-state index is 0.232.